The van der Waals surface area contributed by atoms with Gasteiger partial charge in [-0.3, -0.25) is 5.21 Å². The van der Waals surface area contributed by atoms with E-state index in [2.05, 4.69) is 0 Å². The second-order valence-electron chi connectivity index (χ2n) is 5.47. The van der Waals surface area contributed by atoms with Crippen LogP contribution in [-0.2, 0) is 4.79 Å². The van der Waals surface area contributed by atoms with Crippen LogP contribution < -0.4 is 0 Å². The van der Waals surface area contributed by atoms with E-state index in [4.69, 9.17) is 0 Å². The summed E-state index contributed by atoms with van der Waals surface area (Å²) in [5.41, 5.74) is 1.82. The molecule has 23 heavy (non-hydrogen) atoms. The van der Waals surface area contributed by atoms with Gasteiger partial charge in [-0.15, -0.1) is 11.3 Å². The molecule has 2 bridgehead atoms. The van der Waals surface area contributed by atoms with Gasteiger partial charge in [0.05, 0.1) is 6.54 Å². The number of fused-ring (bicyclic) bond motifs is 4. The number of hydrogen-bond acceptors (Lipinski definition) is 4. The van der Waals surface area contributed by atoms with E-state index < -0.39 is 24.1 Å². The Morgan fingerprint density at radius 3 is 2.65 bits per heavy atom. The van der Waals surface area contributed by atoms with E-state index in [1.165, 1.54) is 23.5 Å². The van der Waals surface area contributed by atoms with Crippen molar-refractivity contribution in [3.8, 4) is 11.1 Å². The summed E-state index contributed by atoms with van der Waals surface area (Å²) in [4.78, 5) is 25.6. The number of hydroxylamine groups is 2. The van der Waals surface area contributed by atoms with Gasteiger partial charge in [0, 0.05) is 10.4 Å². The van der Waals surface area contributed by atoms with E-state index >= 15 is 0 Å². The van der Waals surface area contributed by atoms with Gasteiger partial charge in [-0.2, -0.15) is 5.06 Å². The van der Waals surface area contributed by atoms with Crippen LogP contribution in [0.3, 0.4) is 0 Å². The van der Waals surface area contributed by atoms with Gasteiger partial charge in [0.25, 0.3) is 0 Å². The second-order valence-corrected chi connectivity index (χ2v) is 6.38. The van der Waals surface area contributed by atoms with Gasteiger partial charge in [0.1, 0.15) is 11.9 Å². The van der Waals surface area contributed by atoms with E-state index in [1.807, 2.05) is 0 Å². The molecule has 0 radical (unpaired) electrons. The van der Waals surface area contributed by atoms with Crippen LogP contribution in [0.2, 0.25) is 0 Å². The average molecular weight is 334 g/mol. The Bertz CT molecular complexity index is 819. The Hall–Kier alpha value is -2.45. The SMILES string of the molecule is O=C(O)[C@@H]1c2c(-c3ccc(F)cc3)csc2[C@@H]2CN1C(=O)N2O. The first-order valence-corrected chi connectivity index (χ1v) is 7.75. The highest BCUT2D eigenvalue weighted by atomic mass is 32.1. The summed E-state index contributed by atoms with van der Waals surface area (Å²) < 4.78 is 13.1. The zero-order valence-corrected chi connectivity index (χ0v) is 12.5. The van der Waals surface area contributed by atoms with E-state index in [0.29, 0.717) is 26.6 Å². The maximum Gasteiger partial charge on any atom is 0.345 e. The standard InChI is InChI=1S/C15H11FN2O4S/c16-8-3-1-7(2-4-8)9-6-23-13-10-5-17(15(21)18(10)22)12(11(9)13)14(19)20/h1-4,6,10,12,22H,5H2,(H,19,20)/t10-,12-/m0/s1. The summed E-state index contributed by atoms with van der Waals surface area (Å²) in [5, 5.41) is 21.9. The maximum absolute atomic E-state index is 13.1. The van der Waals surface area contributed by atoms with Crippen LogP contribution in [0.1, 0.15) is 22.5 Å². The summed E-state index contributed by atoms with van der Waals surface area (Å²) >= 11 is 1.30. The fourth-order valence-electron chi connectivity index (χ4n) is 3.20. The lowest BCUT2D eigenvalue weighted by Crippen LogP contribution is -2.38. The molecular weight excluding hydrogens is 323 g/mol. The van der Waals surface area contributed by atoms with Crippen LogP contribution in [0.4, 0.5) is 9.18 Å². The quantitative estimate of drug-likeness (QED) is 0.828. The number of hydrogen-bond donors (Lipinski definition) is 2. The maximum atomic E-state index is 13.1. The molecule has 1 fully saturated rings. The van der Waals surface area contributed by atoms with Crippen LogP contribution in [-0.4, -0.2) is 38.8 Å². The molecule has 1 aromatic heterocycles. The van der Waals surface area contributed by atoms with Gasteiger partial charge in [-0.25, -0.2) is 14.0 Å². The molecule has 0 saturated carbocycles. The zero-order chi connectivity index (χ0) is 16.3. The largest absolute Gasteiger partial charge is 0.479 e. The number of halogens is 1. The van der Waals surface area contributed by atoms with Crippen LogP contribution in [0.15, 0.2) is 29.6 Å². The third kappa shape index (κ3) is 1.88. The van der Waals surface area contributed by atoms with Gasteiger partial charge in [0.2, 0.25) is 0 Å². The van der Waals surface area contributed by atoms with Crippen LogP contribution >= 0.6 is 11.3 Å². The minimum atomic E-state index is -1.16. The van der Waals surface area contributed by atoms with Gasteiger partial charge < -0.3 is 10.0 Å². The fraction of sp³-hybridized carbons (Fsp3) is 0.200. The van der Waals surface area contributed by atoms with Crippen molar-refractivity contribution in [1.29, 1.82) is 0 Å². The molecule has 118 valence electrons. The first-order chi connectivity index (χ1) is 11.0. The number of benzene rings is 1. The monoisotopic (exact) mass is 334 g/mol. The molecule has 2 N–H and O–H groups in total. The molecule has 8 heteroatoms. The minimum Gasteiger partial charge on any atom is -0.479 e. The number of urea groups is 1. The molecule has 6 nitrogen and oxygen atoms in total. The number of amides is 2. The Morgan fingerprint density at radius 1 is 1.30 bits per heavy atom. The van der Waals surface area contributed by atoms with Gasteiger partial charge in [-0.1, -0.05) is 12.1 Å². The molecular formula is C15H11FN2O4S. The van der Waals surface area contributed by atoms with Crippen LogP contribution in [0, 0.1) is 5.82 Å². The third-order valence-corrected chi connectivity index (χ3v) is 5.34. The predicted molar refractivity (Wildman–Crippen MR) is 78.6 cm³/mol. The van der Waals surface area contributed by atoms with Gasteiger partial charge in [0.15, 0.2) is 6.04 Å². The molecule has 0 unspecified atom stereocenters. The highest BCUT2D eigenvalue weighted by Gasteiger charge is 2.51. The Labute approximate surface area is 133 Å². The topological polar surface area (TPSA) is 81.1 Å². The van der Waals surface area contributed by atoms with Crippen LogP contribution in [0.5, 0.6) is 0 Å². The molecule has 1 saturated heterocycles. The minimum absolute atomic E-state index is 0.142. The molecule has 2 atom stereocenters. The van der Waals surface area contributed by atoms with Crippen molar-refractivity contribution in [2.45, 2.75) is 12.1 Å². The molecule has 4 rings (SSSR count). The van der Waals surface area contributed by atoms with Crippen molar-refractivity contribution in [3.05, 3.63) is 45.9 Å². The molecule has 2 aromatic rings. The molecule has 0 aliphatic carbocycles. The van der Waals surface area contributed by atoms with E-state index in [0.717, 1.165) is 4.90 Å². The summed E-state index contributed by atoms with van der Waals surface area (Å²) in [7, 11) is 0. The smallest absolute Gasteiger partial charge is 0.345 e. The lowest BCUT2D eigenvalue weighted by molar-refractivity contribution is -0.142. The number of carboxylic acid groups (broad SMARTS) is 1. The summed E-state index contributed by atoms with van der Waals surface area (Å²) in [5.74, 6) is -1.54. The fourth-order valence-corrected chi connectivity index (χ4v) is 4.39. The van der Waals surface area contributed by atoms with E-state index in [-0.39, 0.29) is 12.4 Å². The van der Waals surface area contributed by atoms with Crippen molar-refractivity contribution in [2.24, 2.45) is 0 Å². The highest BCUT2D eigenvalue weighted by Crippen LogP contribution is 2.49. The molecule has 0 spiro atoms. The Kier molecular flexibility index (Phi) is 2.94. The summed E-state index contributed by atoms with van der Waals surface area (Å²) in [6, 6.07) is 3.31. The van der Waals surface area contributed by atoms with Crippen molar-refractivity contribution in [2.75, 3.05) is 6.54 Å². The molecule has 2 aliphatic rings. The average Bonchev–Trinajstić information content (AvgIpc) is 3.06. The Morgan fingerprint density at radius 2 is 2.00 bits per heavy atom. The molecule has 2 amide bonds. The number of carbonyl (C=O) groups excluding carboxylic acids is 1. The van der Waals surface area contributed by atoms with Gasteiger partial charge in [-0.05, 0) is 28.6 Å². The van der Waals surface area contributed by atoms with Crippen molar-refractivity contribution >= 4 is 23.3 Å². The first kappa shape index (κ1) is 14.2. The summed E-state index contributed by atoms with van der Waals surface area (Å²) in [6.07, 6.45) is 0. The lowest BCUT2D eigenvalue weighted by Gasteiger charge is -2.28. The van der Waals surface area contributed by atoms with E-state index in [1.54, 1.807) is 17.5 Å². The van der Waals surface area contributed by atoms with Crippen LogP contribution in [0.25, 0.3) is 11.1 Å². The Balaban J connectivity index is 1.92. The predicted octanol–water partition coefficient (Wildman–Crippen LogP) is 2.86. The lowest BCUT2D eigenvalue weighted by atomic mass is 9.92. The first-order valence-electron chi connectivity index (χ1n) is 6.87. The highest BCUT2D eigenvalue weighted by molar-refractivity contribution is 7.10. The number of thiophene rings is 1. The van der Waals surface area contributed by atoms with Gasteiger partial charge >= 0.3 is 12.0 Å². The third-order valence-electron chi connectivity index (χ3n) is 4.24. The number of carbonyl (C=O) groups is 2. The van der Waals surface area contributed by atoms with Crippen molar-refractivity contribution < 1.29 is 24.3 Å². The molecule has 2 aliphatic heterocycles. The molecule has 1 aromatic carbocycles. The van der Waals surface area contributed by atoms with E-state index in [9.17, 15) is 24.3 Å². The van der Waals surface area contributed by atoms with Crippen molar-refractivity contribution in [3.63, 3.8) is 0 Å². The number of rotatable bonds is 2. The molecule has 3 heterocycles. The normalized spacial score (nSPS) is 22.4. The second kappa shape index (κ2) is 4.77. The number of nitrogens with zero attached hydrogens (tertiary/aromatic N) is 2. The number of carboxylic acids is 1. The zero-order valence-electron chi connectivity index (χ0n) is 11.6. The summed E-state index contributed by atoms with van der Waals surface area (Å²) in [6.45, 7) is 0.142. The number of aliphatic carboxylic acids is 1. The van der Waals surface area contributed by atoms with Crippen molar-refractivity contribution in [1.82, 2.24) is 9.96 Å².